The zero-order chi connectivity index (χ0) is 25.7. The van der Waals surface area contributed by atoms with Gasteiger partial charge >= 0.3 is 0 Å². The van der Waals surface area contributed by atoms with Gasteiger partial charge in [-0.05, 0) is 60.6 Å². The summed E-state index contributed by atoms with van der Waals surface area (Å²) in [6, 6.07) is 24.8. The van der Waals surface area contributed by atoms with Gasteiger partial charge in [-0.1, -0.05) is 66.2 Å². The SMILES string of the molecule is O=S(=O)(c1ccc(-c2csc(N/N=C/c3cccc(Cl)c3)n2)cc1)N1CCC(Cc2ccccc2)CC1. The lowest BCUT2D eigenvalue weighted by molar-refractivity contribution is 0.273. The van der Waals surface area contributed by atoms with Crippen LogP contribution in [0.1, 0.15) is 24.0 Å². The van der Waals surface area contributed by atoms with Gasteiger partial charge in [0, 0.05) is 29.1 Å². The van der Waals surface area contributed by atoms with Gasteiger partial charge < -0.3 is 0 Å². The maximum atomic E-state index is 13.2. The molecule has 4 aromatic rings. The molecule has 0 spiro atoms. The molecule has 1 aromatic heterocycles. The molecule has 5 rings (SSSR count). The van der Waals surface area contributed by atoms with Gasteiger partial charge in [-0.15, -0.1) is 11.3 Å². The van der Waals surface area contributed by atoms with Crippen molar-refractivity contribution in [2.24, 2.45) is 11.0 Å². The predicted octanol–water partition coefficient (Wildman–Crippen LogP) is 6.55. The smallest absolute Gasteiger partial charge is 0.243 e. The second kappa shape index (κ2) is 11.6. The summed E-state index contributed by atoms with van der Waals surface area (Å²) in [5.74, 6) is 0.513. The van der Waals surface area contributed by atoms with E-state index in [1.807, 2.05) is 47.8 Å². The average Bonchev–Trinajstić information content (AvgIpc) is 3.39. The van der Waals surface area contributed by atoms with Crippen LogP contribution in [0.3, 0.4) is 0 Å². The van der Waals surface area contributed by atoms with E-state index in [1.165, 1.54) is 16.9 Å². The van der Waals surface area contributed by atoms with Crippen LogP contribution in [-0.4, -0.2) is 37.0 Å². The van der Waals surface area contributed by atoms with Crippen LogP contribution in [0, 0.1) is 5.92 Å². The number of nitrogens with zero attached hydrogens (tertiary/aromatic N) is 3. The molecule has 0 unspecified atom stereocenters. The van der Waals surface area contributed by atoms with Crippen molar-refractivity contribution >= 4 is 44.3 Å². The number of sulfonamides is 1. The summed E-state index contributed by atoms with van der Waals surface area (Å²) >= 11 is 7.42. The molecule has 0 radical (unpaired) electrons. The first kappa shape index (κ1) is 25.6. The summed E-state index contributed by atoms with van der Waals surface area (Å²) in [5, 5.41) is 7.42. The molecule has 1 fully saturated rings. The Morgan fingerprint density at radius 3 is 2.51 bits per heavy atom. The quantitative estimate of drug-likeness (QED) is 0.199. The highest BCUT2D eigenvalue weighted by atomic mass is 35.5. The number of hydrogen-bond donors (Lipinski definition) is 1. The molecule has 2 heterocycles. The largest absolute Gasteiger partial charge is 0.253 e. The van der Waals surface area contributed by atoms with Crippen molar-refractivity contribution in [1.29, 1.82) is 0 Å². The van der Waals surface area contributed by atoms with Gasteiger partial charge in [0.05, 0.1) is 16.8 Å². The Balaban J connectivity index is 1.18. The number of hydrogen-bond acceptors (Lipinski definition) is 6. The third-order valence-electron chi connectivity index (χ3n) is 6.46. The monoisotopic (exact) mass is 550 g/mol. The first-order valence-electron chi connectivity index (χ1n) is 12.1. The summed E-state index contributed by atoms with van der Waals surface area (Å²) in [5.41, 5.74) is 6.74. The van der Waals surface area contributed by atoms with Gasteiger partial charge in [0.25, 0.3) is 0 Å². The number of aromatic nitrogens is 1. The topological polar surface area (TPSA) is 74.7 Å². The predicted molar refractivity (Wildman–Crippen MR) is 152 cm³/mol. The zero-order valence-corrected chi connectivity index (χ0v) is 22.5. The minimum Gasteiger partial charge on any atom is -0.253 e. The van der Waals surface area contributed by atoms with E-state index >= 15 is 0 Å². The fraction of sp³-hybridized carbons (Fsp3) is 0.214. The van der Waals surface area contributed by atoms with Crippen LogP contribution in [-0.2, 0) is 16.4 Å². The molecule has 6 nitrogen and oxygen atoms in total. The molecule has 0 bridgehead atoms. The lowest BCUT2D eigenvalue weighted by Gasteiger charge is -2.31. The lowest BCUT2D eigenvalue weighted by atomic mass is 9.91. The fourth-order valence-corrected chi connectivity index (χ4v) is 6.79. The molecule has 190 valence electrons. The highest BCUT2D eigenvalue weighted by Gasteiger charge is 2.29. The molecule has 1 saturated heterocycles. The highest BCUT2D eigenvalue weighted by molar-refractivity contribution is 7.89. The number of thiazole rings is 1. The van der Waals surface area contributed by atoms with Crippen LogP contribution >= 0.6 is 22.9 Å². The summed E-state index contributed by atoms with van der Waals surface area (Å²) < 4.78 is 28.1. The third-order valence-corrected chi connectivity index (χ3v) is 9.35. The van der Waals surface area contributed by atoms with Gasteiger partial charge in [-0.3, -0.25) is 5.43 Å². The van der Waals surface area contributed by atoms with E-state index in [0.717, 1.165) is 36.1 Å². The Bertz CT molecular complexity index is 1460. The second-order valence-electron chi connectivity index (χ2n) is 9.02. The van der Waals surface area contributed by atoms with Crippen LogP contribution < -0.4 is 5.43 Å². The molecule has 1 N–H and O–H groups in total. The maximum Gasteiger partial charge on any atom is 0.243 e. The molecular formula is C28H27ClN4O2S2. The molecule has 0 amide bonds. The van der Waals surface area contributed by atoms with E-state index < -0.39 is 10.0 Å². The highest BCUT2D eigenvalue weighted by Crippen LogP contribution is 2.29. The van der Waals surface area contributed by atoms with Gasteiger partial charge in [0.1, 0.15) is 0 Å². The Morgan fingerprint density at radius 2 is 1.78 bits per heavy atom. The Hall–Kier alpha value is -3.04. The van der Waals surface area contributed by atoms with Crippen LogP contribution in [0.2, 0.25) is 5.02 Å². The van der Waals surface area contributed by atoms with Crippen LogP contribution in [0.25, 0.3) is 11.3 Å². The normalized spacial score (nSPS) is 15.3. The van der Waals surface area contributed by atoms with Crippen molar-refractivity contribution in [3.8, 4) is 11.3 Å². The molecular weight excluding hydrogens is 524 g/mol. The minimum atomic E-state index is -3.52. The van der Waals surface area contributed by atoms with Crippen molar-refractivity contribution in [3.63, 3.8) is 0 Å². The second-order valence-corrected chi connectivity index (χ2v) is 12.3. The molecule has 1 aliphatic heterocycles. The van der Waals surface area contributed by atoms with E-state index in [-0.39, 0.29) is 0 Å². The lowest BCUT2D eigenvalue weighted by Crippen LogP contribution is -2.38. The van der Waals surface area contributed by atoms with Crippen LogP contribution in [0.4, 0.5) is 5.13 Å². The first-order chi connectivity index (χ1) is 18.0. The standard InChI is InChI=1S/C28H27ClN4O2S2/c29-25-8-4-7-23(18-25)19-30-32-28-31-27(20-36-28)24-9-11-26(12-10-24)37(34,35)33-15-13-22(14-16-33)17-21-5-2-1-3-6-21/h1-12,18-20,22H,13-17H2,(H,31,32)/b30-19+. The molecule has 0 atom stereocenters. The third kappa shape index (κ3) is 6.45. The Labute approximate surface area is 226 Å². The molecule has 0 aliphatic carbocycles. The van der Waals surface area contributed by atoms with E-state index in [9.17, 15) is 8.42 Å². The van der Waals surface area contributed by atoms with Crippen molar-refractivity contribution in [2.75, 3.05) is 18.5 Å². The summed E-state index contributed by atoms with van der Waals surface area (Å²) in [6.45, 7) is 1.11. The molecule has 9 heteroatoms. The average molecular weight is 551 g/mol. The van der Waals surface area contributed by atoms with Crippen LogP contribution in [0.5, 0.6) is 0 Å². The number of hydrazone groups is 1. The van der Waals surface area contributed by atoms with E-state index in [1.54, 1.807) is 22.7 Å². The van der Waals surface area contributed by atoms with Crippen molar-refractivity contribution in [2.45, 2.75) is 24.2 Å². The Kier molecular flexibility index (Phi) is 8.00. The van der Waals surface area contributed by atoms with E-state index in [0.29, 0.717) is 34.1 Å². The van der Waals surface area contributed by atoms with E-state index in [4.69, 9.17) is 11.6 Å². The van der Waals surface area contributed by atoms with Crippen molar-refractivity contribution < 1.29 is 8.42 Å². The molecule has 37 heavy (non-hydrogen) atoms. The van der Waals surface area contributed by atoms with Crippen LogP contribution in [0.15, 0.2) is 94.2 Å². The van der Waals surface area contributed by atoms with Crippen molar-refractivity contribution in [3.05, 3.63) is 100 Å². The number of anilines is 1. The summed E-state index contributed by atoms with van der Waals surface area (Å²) in [7, 11) is -3.52. The number of benzene rings is 3. The van der Waals surface area contributed by atoms with Crippen molar-refractivity contribution in [1.82, 2.24) is 9.29 Å². The van der Waals surface area contributed by atoms with Gasteiger partial charge in [-0.25, -0.2) is 13.4 Å². The Morgan fingerprint density at radius 1 is 1.03 bits per heavy atom. The minimum absolute atomic E-state index is 0.317. The number of piperidine rings is 1. The zero-order valence-electron chi connectivity index (χ0n) is 20.1. The number of halogens is 1. The van der Waals surface area contributed by atoms with E-state index in [2.05, 4.69) is 39.8 Å². The molecule has 1 aliphatic rings. The number of rotatable bonds is 8. The van der Waals surface area contributed by atoms with Gasteiger partial charge in [0.15, 0.2) is 0 Å². The van der Waals surface area contributed by atoms with Gasteiger partial charge in [0.2, 0.25) is 15.2 Å². The molecule has 0 saturated carbocycles. The maximum absolute atomic E-state index is 13.2. The summed E-state index contributed by atoms with van der Waals surface area (Å²) in [6.07, 6.45) is 4.43. The number of nitrogens with one attached hydrogen (secondary N) is 1. The van der Waals surface area contributed by atoms with Gasteiger partial charge in [-0.2, -0.15) is 9.41 Å². The summed E-state index contributed by atoms with van der Waals surface area (Å²) in [4.78, 5) is 4.88. The molecule has 3 aromatic carbocycles. The fourth-order valence-electron chi connectivity index (χ4n) is 4.45. The first-order valence-corrected chi connectivity index (χ1v) is 14.8.